The van der Waals surface area contributed by atoms with Crippen LogP contribution in [0.5, 0.6) is 0 Å². The third kappa shape index (κ3) is 4.99. The van der Waals surface area contributed by atoms with Gasteiger partial charge in [0.05, 0.1) is 4.90 Å². The van der Waals surface area contributed by atoms with Crippen LogP contribution in [0.15, 0.2) is 83.8 Å². The largest absolute Gasteiger partial charge is 0.322 e. The van der Waals surface area contributed by atoms with Crippen LogP contribution in [0, 0.1) is 5.82 Å². The lowest BCUT2D eigenvalue weighted by Gasteiger charge is -2.09. The smallest absolute Gasteiger partial charge is 0.255 e. The zero-order valence-electron chi connectivity index (χ0n) is 14.2. The molecular formula is C20H17FN2O3S. The highest BCUT2D eigenvalue weighted by atomic mass is 32.2. The number of carbonyl (C=O) groups excluding carboxylic acids is 1. The Labute approximate surface area is 156 Å². The fourth-order valence-corrected chi connectivity index (χ4v) is 3.46. The van der Waals surface area contributed by atoms with Crippen molar-refractivity contribution >= 4 is 21.6 Å². The van der Waals surface area contributed by atoms with Crippen LogP contribution < -0.4 is 10.0 Å². The Bertz CT molecular complexity index is 1040. The zero-order valence-corrected chi connectivity index (χ0v) is 15.0. The van der Waals surface area contributed by atoms with E-state index in [1.165, 1.54) is 48.5 Å². The number of carbonyl (C=O) groups is 1. The van der Waals surface area contributed by atoms with Crippen molar-refractivity contribution in [3.05, 3.63) is 95.8 Å². The first-order chi connectivity index (χ1) is 12.9. The Morgan fingerprint density at radius 2 is 1.59 bits per heavy atom. The molecule has 5 nitrogen and oxygen atoms in total. The monoisotopic (exact) mass is 384 g/mol. The quantitative estimate of drug-likeness (QED) is 0.682. The number of rotatable bonds is 6. The van der Waals surface area contributed by atoms with Crippen LogP contribution in [-0.2, 0) is 16.6 Å². The Morgan fingerprint density at radius 3 is 2.30 bits per heavy atom. The fraction of sp³-hybridized carbons (Fsp3) is 0.0500. The van der Waals surface area contributed by atoms with Gasteiger partial charge < -0.3 is 5.32 Å². The van der Waals surface area contributed by atoms with Gasteiger partial charge in [-0.2, -0.15) is 0 Å². The van der Waals surface area contributed by atoms with Gasteiger partial charge in [-0.15, -0.1) is 0 Å². The third-order valence-corrected chi connectivity index (χ3v) is 5.22. The van der Waals surface area contributed by atoms with Crippen molar-refractivity contribution in [2.24, 2.45) is 0 Å². The average molecular weight is 384 g/mol. The van der Waals surface area contributed by atoms with Crippen LogP contribution in [0.2, 0.25) is 0 Å². The molecule has 1 amide bonds. The summed E-state index contributed by atoms with van der Waals surface area (Å²) < 4.78 is 40.4. The second-order valence-corrected chi connectivity index (χ2v) is 7.57. The number of hydrogen-bond donors (Lipinski definition) is 2. The van der Waals surface area contributed by atoms with Crippen molar-refractivity contribution < 1.29 is 17.6 Å². The van der Waals surface area contributed by atoms with Gasteiger partial charge in [0.15, 0.2) is 0 Å². The molecule has 3 aromatic rings. The molecule has 0 aliphatic rings. The lowest BCUT2D eigenvalue weighted by molar-refractivity contribution is 0.102. The standard InChI is InChI=1S/C20H17FN2O3S/c21-17-9-11-18(12-10-17)23-20(24)16-7-4-8-19(13-16)27(25,26)22-14-15-5-2-1-3-6-15/h1-13,22H,14H2,(H,23,24). The number of halogens is 1. The molecule has 7 heteroatoms. The molecule has 138 valence electrons. The molecular weight excluding hydrogens is 367 g/mol. The van der Waals surface area contributed by atoms with Gasteiger partial charge in [0.1, 0.15) is 5.82 Å². The van der Waals surface area contributed by atoms with Crippen LogP contribution >= 0.6 is 0 Å². The van der Waals surface area contributed by atoms with Gasteiger partial charge in [-0.05, 0) is 48.0 Å². The molecule has 3 rings (SSSR count). The van der Waals surface area contributed by atoms with E-state index >= 15 is 0 Å². The maximum Gasteiger partial charge on any atom is 0.255 e. The molecule has 3 aromatic carbocycles. The van der Waals surface area contributed by atoms with Gasteiger partial charge in [-0.3, -0.25) is 4.79 Å². The van der Waals surface area contributed by atoms with Gasteiger partial charge in [0.2, 0.25) is 10.0 Å². The topological polar surface area (TPSA) is 75.3 Å². The summed E-state index contributed by atoms with van der Waals surface area (Å²) in [4.78, 5) is 12.3. The highest BCUT2D eigenvalue weighted by Crippen LogP contribution is 2.15. The van der Waals surface area contributed by atoms with Gasteiger partial charge >= 0.3 is 0 Å². The summed E-state index contributed by atoms with van der Waals surface area (Å²) in [6.45, 7) is 0.148. The van der Waals surface area contributed by atoms with Gasteiger partial charge in [0, 0.05) is 17.8 Å². The average Bonchev–Trinajstić information content (AvgIpc) is 2.69. The molecule has 0 fully saturated rings. The van der Waals surface area contributed by atoms with Crippen LogP contribution in [0.1, 0.15) is 15.9 Å². The van der Waals surface area contributed by atoms with Crippen molar-refractivity contribution in [1.29, 1.82) is 0 Å². The molecule has 0 aliphatic carbocycles. The summed E-state index contributed by atoms with van der Waals surface area (Å²) in [7, 11) is -3.77. The zero-order chi connectivity index (χ0) is 19.3. The summed E-state index contributed by atoms with van der Waals surface area (Å²) in [6, 6.07) is 20.2. The second-order valence-electron chi connectivity index (χ2n) is 5.80. The second kappa shape index (κ2) is 8.11. The number of benzene rings is 3. The Hall–Kier alpha value is -3.03. The molecule has 0 unspecified atom stereocenters. The van der Waals surface area contributed by atoms with Crippen molar-refractivity contribution in [1.82, 2.24) is 4.72 Å². The van der Waals surface area contributed by atoms with E-state index in [-0.39, 0.29) is 17.0 Å². The molecule has 0 saturated carbocycles. The Balaban J connectivity index is 1.73. The molecule has 0 radical (unpaired) electrons. The number of hydrogen-bond acceptors (Lipinski definition) is 3. The molecule has 0 aromatic heterocycles. The van der Waals surface area contributed by atoms with Crippen LogP contribution in [-0.4, -0.2) is 14.3 Å². The first-order valence-electron chi connectivity index (χ1n) is 8.15. The van der Waals surface area contributed by atoms with Crippen LogP contribution in [0.3, 0.4) is 0 Å². The van der Waals surface area contributed by atoms with Crippen LogP contribution in [0.4, 0.5) is 10.1 Å². The lowest BCUT2D eigenvalue weighted by Crippen LogP contribution is -2.23. The predicted octanol–water partition coefficient (Wildman–Crippen LogP) is 3.56. The summed E-state index contributed by atoms with van der Waals surface area (Å²) >= 11 is 0. The van der Waals surface area contributed by atoms with E-state index in [4.69, 9.17) is 0 Å². The van der Waals surface area contributed by atoms with Crippen molar-refractivity contribution in [3.63, 3.8) is 0 Å². The predicted molar refractivity (Wildman–Crippen MR) is 101 cm³/mol. The van der Waals surface area contributed by atoms with Gasteiger partial charge in [-0.25, -0.2) is 17.5 Å². The molecule has 0 bridgehead atoms. The third-order valence-electron chi connectivity index (χ3n) is 3.82. The first kappa shape index (κ1) is 18.8. The minimum absolute atomic E-state index is 0.00909. The van der Waals surface area contributed by atoms with E-state index in [0.29, 0.717) is 5.69 Å². The molecule has 0 saturated heterocycles. The van der Waals surface area contributed by atoms with Crippen LogP contribution in [0.25, 0.3) is 0 Å². The van der Waals surface area contributed by atoms with E-state index in [1.54, 1.807) is 0 Å². The highest BCUT2D eigenvalue weighted by Gasteiger charge is 2.16. The van der Waals surface area contributed by atoms with Gasteiger partial charge in [0.25, 0.3) is 5.91 Å². The summed E-state index contributed by atoms with van der Waals surface area (Å²) in [5, 5.41) is 2.60. The highest BCUT2D eigenvalue weighted by molar-refractivity contribution is 7.89. The van der Waals surface area contributed by atoms with Crippen molar-refractivity contribution in [2.45, 2.75) is 11.4 Å². The Morgan fingerprint density at radius 1 is 0.889 bits per heavy atom. The maximum atomic E-state index is 12.9. The normalized spacial score (nSPS) is 11.1. The van der Waals surface area contributed by atoms with Gasteiger partial charge in [-0.1, -0.05) is 36.4 Å². The van der Waals surface area contributed by atoms with Crippen molar-refractivity contribution in [3.8, 4) is 0 Å². The molecule has 0 heterocycles. The first-order valence-corrected chi connectivity index (χ1v) is 9.63. The molecule has 0 spiro atoms. The maximum absolute atomic E-state index is 12.9. The molecule has 0 aliphatic heterocycles. The Kier molecular flexibility index (Phi) is 5.63. The summed E-state index contributed by atoms with van der Waals surface area (Å²) in [5.74, 6) is -0.896. The molecule has 2 N–H and O–H groups in total. The molecule has 27 heavy (non-hydrogen) atoms. The minimum atomic E-state index is -3.77. The SMILES string of the molecule is O=C(Nc1ccc(F)cc1)c1cccc(S(=O)(=O)NCc2ccccc2)c1. The van der Waals surface area contributed by atoms with Crippen molar-refractivity contribution in [2.75, 3.05) is 5.32 Å². The van der Waals surface area contributed by atoms with E-state index in [1.807, 2.05) is 30.3 Å². The fourth-order valence-electron chi connectivity index (χ4n) is 2.40. The van der Waals surface area contributed by atoms with E-state index in [0.717, 1.165) is 5.56 Å². The van der Waals surface area contributed by atoms with E-state index < -0.39 is 21.7 Å². The molecule has 0 atom stereocenters. The number of sulfonamides is 1. The number of nitrogens with one attached hydrogen (secondary N) is 2. The lowest BCUT2D eigenvalue weighted by atomic mass is 10.2. The number of amides is 1. The summed E-state index contributed by atoms with van der Waals surface area (Å²) in [6.07, 6.45) is 0. The minimum Gasteiger partial charge on any atom is -0.322 e. The van der Waals surface area contributed by atoms with E-state index in [9.17, 15) is 17.6 Å². The van der Waals surface area contributed by atoms with E-state index in [2.05, 4.69) is 10.0 Å². The number of anilines is 1. The summed E-state index contributed by atoms with van der Waals surface area (Å²) in [5.41, 5.74) is 1.42.